The van der Waals surface area contributed by atoms with Crippen molar-refractivity contribution < 1.29 is 13.9 Å². The molecule has 2 aromatic heterocycles. The van der Waals surface area contributed by atoms with Gasteiger partial charge >= 0.3 is 0 Å². The van der Waals surface area contributed by atoms with Gasteiger partial charge in [0, 0.05) is 11.8 Å². The van der Waals surface area contributed by atoms with Crippen LogP contribution in [0.4, 0.5) is 4.39 Å². The van der Waals surface area contributed by atoms with E-state index in [-0.39, 0.29) is 5.82 Å². The Labute approximate surface area is 121 Å². The van der Waals surface area contributed by atoms with E-state index in [1.54, 1.807) is 36.8 Å². The number of rotatable bonds is 3. The number of halogens is 1. The summed E-state index contributed by atoms with van der Waals surface area (Å²) in [5, 5.41) is 0. The summed E-state index contributed by atoms with van der Waals surface area (Å²) in [4.78, 5) is 8.64. The quantitative estimate of drug-likeness (QED) is 0.743. The first-order valence-corrected chi connectivity index (χ1v) is 6.37. The summed E-state index contributed by atoms with van der Waals surface area (Å²) in [6.45, 7) is 1.72. The first-order valence-electron chi connectivity index (χ1n) is 6.37. The number of hydrogen-bond donors (Lipinski definition) is 0. The number of methoxy groups -OCH3 is 2. The Bertz CT molecular complexity index is 814. The van der Waals surface area contributed by atoms with Crippen LogP contribution in [0.3, 0.4) is 0 Å². The Morgan fingerprint density at radius 2 is 1.90 bits per heavy atom. The highest BCUT2D eigenvalue weighted by molar-refractivity contribution is 5.62. The molecule has 0 atom stereocenters. The van der Waals surface area contributed by atoms with Crippen molar-refractivity contribution in [3.05, 3.63) is 41.8 Å². The zero-order chi connectivity index (χ0) is 15.0. The fraction of sp³-hybridized carbons (Fsp3) is 0.200. The van der Waals surface area contributed by atoms with E-state index in [0.717, 1.165) is 0 Å². The standard InChI is InChI=1S/C15H14FN3O2/c1-9-4-5-10(6-11(9)16)12-8-19-14(21-3)7-13(20-2)18-15(19)17-12/h4-8H,1-3H3. The Morgan fingerprint density at radius 3 is 2.57 bits per heavy atom. The maximum atomic E-state index is 13.7. The number of benzene rings is 1. The van der Waals surface area contributed by atoms with Gasteiger partial charge in [0.05, 0.1) is 26.0 Å². The third-order valence-electron chi connectivity index (χ3n) is 3.27. The van der Waals surface area contributed by atoms with E-state index in [9.17, 15) is 4.39 Å². The van der Waals surface area contributed by atoms with Crippen LogP contribution in [0.15, 0.2) is 30.5 Å². The van der Waals surface area contributed by atoms with Gasteiger partial charge in [-0.25, -0.2) is 9.37 Å². The zero-order valence-corrected chi connectivity index (χ0v) is 11.9. The van der Waals surface area contributed by atoms with Crippen LogP contribution >= 0.6 is 0 Å². The molecule has 0 unspecified atom stereocenters. The van der Waals surface area contributed by atoms with Crippen LogP contribution in [0.25, 0.3) is 17.0 Å². The normalized spacial score (nSPS) is 10.9. The van der Waals surface area contributed by atoms with Crippen molar-refractivity contribution >= 4 is 5.78 Å². The minimum Gasteiger partial charge on any atom is -0.482 e. The van der Waals surface area contributed by atoms with Crippen molar-refractivity contribution in [2.24, 2.45) is 0 Å². The molecule has 0 bridgehead atoms. The molecular formula is C15H14FN3O2. The summed E-state index contributed by atoms with van der Waals surface area (Å²) in [6, 6.07) is 6.67. The summed E-state index contributed by atoms with van der Waals surface area (Å²) >= 11 is 0. The number of hydrogen-bond acceptors (Lipinski definition) is 4. The highest BCUT2D eigenvalue weighted by Gasteiger charge is 2.12. The molecule has 0 amide bonds. The number of fused-ring (bicyclic) bond motifs is 1. The number of aromatic nitrogens is 3. The molecule has 0 aliphatic heterocycles. The van der Waals surface area contributed by atoms with Crippen LogP contribution < -0.4 is 9.47 Å². The second-order valence-electron chi connectivity index (χ2n) is 4.60. The molecule has 0 N–H and O–H groups in total. The lowest BCUT2D eigenvalue weighted by molar-refractivity contribution is 0.369. The lowest BCUT2D eigenvalue weighted by Gasteiger charge is -2.04. The SMILES string of the molecule is COc1cc(OC)n2cc(-c3ccc(C)c(F)c3)nc2n1. The maximum absolute atomic E-state index is 13.7. The maximum Gasteiger partial charge on any atom is 0.240 e. The van der Waals surface area contributed by atoms with Crippen molar-refractivity contribution in [3.8, 4) is 23.0 Å². The summed E-state index contributed by atoms with van der Waals surface area (Å²) in [5.74, 6) is 1.12. The Balaban J connectivity index is 2.18. The summed E-state index contributed by atoms with van der Waals surface area (Å²) in [7, 11) is 3.08. The molecule has 0 spiro atoms. The van der Waals surface area contributed by atoms with Gasteiger partial charge in [0.15, 0.2) is 0 Å². The molecule has 2 heterocycles. The van der Waals surface area contributed by atoms with Crippen molar-refractivity contribution in [2.75, 3.05) is 14.2 Å². The second-order valence-corrected chi connectivity index (χ2v) is 4.60. The topological polar surface area (TPSA) is 48.7 Å². The lowest BCUT2D eigenvalue weighted by atomic mass is 10.1. The molecule has 0 saturated carbocycles. The molecule has 3 aromatic rings. The van der Waals surface area contributed by atoms with E-state index in [0.29, 0.717) is 34.4 Å². The third-order valence-corrected chi connectivity index (χ3v) is 3.27. The molecule has 0 aliphatic carbocycles. The van der Waals surface area contributed by atoms with E-state index < -0.39 is 0 Å². The molecule has 0 aliphatic rings. The number of ether oxygens (including phenoxy) is 2. The van der Waals surface area contributed by atoms with Crippen LogP contribution in [0.2, 0.25) is 0 Å². The van der Waals surface area contributed by atoms with Gasteiger partial charge in [-0.15, -0.1) is 0 Å². The monoisotopic (exact) mass is 287 g/mol. The number of imidazole rings is 1. The van der Waals surface area contributed by atoms with Gasteiger partial charge in [-0.1, -0.05) is 12.1 Å². The van der Waals surface area contributed by atoms with E-state index in [4.69, 9.17) is 9.47 Å². The molecule has 0 fully saturated rings. The van der Waals surface area contributed by atoms with Crippen molar-refractivity contribution in [2.45, 2.75) is 6.92 Å². The average molecular weight is 287 g/mol. The first-order chi connectivity index (χ1) is 10.1. The fourth-order valence-electron chi connectivity index (χ4n) is 2.07. The van der Waals surface area contributed by atoms with Gasteiger partial charge in [0.1, 0.15) is 5.82 Å². The lowest BCUT2D eigenvalue weighted by Crippen LogP contribution is -1.97. The molecule has 5 nitrogen and oxygen atoms in total. The van der Waals surface area contributed by atoms with Gasteiger partial charge in [-0.05, 0) is 18.6 Å². The smallest absolute Gasteiger partial charge is 0.240 e. The highest BCUT2D eigenvalue weighted by Crippen LogP contribution is 2.25. The van der Waals surface area contributed by atoms with E-state index >= 15 is 0 Å². The average Bonchev–Trinajstić information content (AvgIpc) is 2.92. The molecule has 0 radical (unpaired) electrons. The first kappa shape index (κ1) is 13.4. The Hall–Kier alpha value is -2.63. The van der Waals surface area contributed by atoms with Crippen LogP contribution in [-0.2, 0) is 0 Å². The van der Waals surface area contributed by atoms with Gasteiger partial charge in [0.2, 0.25) is 17.5 Å². The molecule has 0 saturated heterocycles. The second kappa shape index (κ2) is 5.05. The molecule has 1 aromatic carbocycles. The van der Waals surface area contributed by atoms with Crippen molar-refractivity contribution in [3.63, 3.8) is 0 Å². The fourth-order valence-corrected chi connectivity index (χ4v) is 2.07. The molecule has 6 heteroatoms. The van der Waals surface area contributed by atoms with Crippen LogP contribution in [0.5, 0.6) is 11.8 Å². The van der Waals surface area contributed by atoms with Gasteiger partial charge in [0.25, 0.3) is 0 Å². The largest absolute Gasteiger partial charge is 0.482 e. The molecular weight excluding hydrogens is 273 g/mol. The molecule has 108 valence electrons. The van der Waals surface area contributed by atoms with E-state index in [1.165, 1.54) is 13.2 Å². The Kier molecular flexibility index (Phi) is 3.21. The minimum atomic E-state index is -0.262. The predicted molar refractivity (Wildman–Crippen MR) is 76.2 cm³/mol. The van der Waals surface area contributed by atoms with Gasteiger partial charge < -0.3 is 9.47 Å². The van der Waals surface area contributed by atoms with E-state index in [2.05, 4.69) is 9.97 Å². The third kappa shape index (κ3) is 2.29. The van der Waals surface area contributed by atoms with Crippen LogP contribution in [-0.4, -0.2) is 28.6 Å². The Morgan fingerprint density at radius 1 is 1.10 bits per heavy atom. The zero-order valence-electron chi connectivity index (χ0n) is 11.9. The van der Waals surface area contributed by atoms with Crippen molar-refractivity contribution in [1.29, 1.82) is 0 Å². The summed E-state index contributed by atoms with van der Waals surface area (Å²) in [6.07, 6.45) is 1.75. The van der Waals surface area contributed by atoms with Crippen LogP contribution in [0, 0.1) is 12.7 Å². The number of nitrogens with zero attached hydrogens (tertiary/aromatic N) is 3. The van der Waals surface area contributed by atoms with Gasteiger partial charge in [-0.2, -0.15) is 4.98 Å². The predicted octanol–water partition coefficient (Wildman–Crippen LogP) is 2.86. The minimum absolute atomic E-state index is 0.262. The molecule has 3 rings (SSSR count). The van der Waals surface area contributed by atoms with E-state index in [1.807, 2.05) is 6.07 Å². The summed E-state index contributed by atoms with van der Waals surface area (Å²) < 4.78 is 25.8. The van der Waals surface area contributed by atoms with Gasteiger partial charge in [-0.3, -0.25) is 4.40 Å². The number of aryl methyl sites for hydroxylation is 1. The highest BCUT2D eigenvalue weighted by atomic mass is 19.1. The molecule has 21 heavy (non-hydrogen) atoms. The van der Waals surface area contributed by atoms with Crippen molar-refractivity contribution in [1.82, 2.24) is 14.4 Å². The summed E-state index contributed by atoms with van der Waals surface area (Å²) in [5.41, 5.74) is 1.90. The van der Waals surface area contributed by atoms with Crippen LogP contribution in [0.1, 0.15) is 5.56 Å².